The third-order valence-electron chi connectivity index (χ3n) is 4.36. The van der Waals surface area contributed by atoms with Crippen LogP contribution in [0, 0.1) is 10.1 Å². The molecule has 0 aliphatic carbocycles. The highest BCUT2D eigenvalue weighted by Gasteiger charge is 2.13. The van der Waals surface area contributed by atoms with Crippen molar-refractivity contribution in [2.45, 2.75) is 13.0 Å². The number of nitro benzene ring substituents is 1. The summed E-state index contributed by atoms with van der Waals surface area (Å²) in [6, 6.07) is 14.8. The summed E-state index contributed by atoms with van der Waals surface area (Å²) < 4.78 is 12.6. The summed E-state index contributed by atoms with van der Waals surface area (Å²) in [5.74, 6) is 1.33. The van der Waals surface area contributed by atoms with Crippen LogP contribution in [0.1, 0.15) is 12.0 Å². The van der Waals surface area contributed by atoms with Crippen molar-refractivity contribution in [2.75, 3.05) is 13.2 Å². The third kappa shape index (κ3) is 3.71. The largest absolute Gasteiger partial charge is 0.490 e. The van der Waals surface area contributed by atoms with Gasteiger partial charge in [-0.15, -0.1) is 0 Å². The van der Waals surface area contributed by atoms with Crippen LogP contribution in [-0.2, 0) is 6.54 Å². The maximum atomic E-state index is 12.2. The predicted octanol–water partition coefficient (Wildman–Crippen LogP) is 3.03. The van der Waals surface area contributed by atoms with Crippen molar-refractivity contribution < 1.29 is 14.4 Å². The number of hydrogen-bond acceptors (Lipinski definition) is 6. The molecule has 0 N–H and O–H groups in total. The first kappa shape index (κ1) is 17.7. The molecular weight excluding hydrogens is 362 g/mol. The average molecular weight is 379 g/mol. The number of benzene rings is 2. The van der Waals surface area contributed by atoms with Crippen LogP contribution in [0.2, 0.25) is 0 Å². The average Bonchev–Trinajstić information content (AvgIpc) is 2.94. The normalized spacial score (nSPS) is 13.0. The Morgan fingerprint density at radius 3 is 2.68 bits per heavy atom. The fourth-order valence-electron chi connectivity index (χ4n) is 2.98. The van der Waals surface area contributed by atoms with Gasteiger partial charge in [-0.25, -0.2) is 4.68 Å². The van der Waals surface area contributed by atoms with Gasteiger partial charge in [0.25, 0.3) is 11.2 Å². The molecule has 0 saturated heterocycles. The quantitative estimate of drug-likeness (QED) is 0.511. The zero-order chi connectivity index (χ0) is 19.5. The van der Waals surface area contributed by atoms with Crippen molar-refractivity contribution in [1.29, 1.82) is 0 Å². The van der Waals surface area contributed by atoms with Crippen LogP contribution in [0.3, 0.4) is 0 Å². The zero-order valence-electron chi connectivity index (χ0n) is 14.9. The fraction of sp³-hybridized carbons (Fsp3) is 0.200. The summed E-state index contributed by atoms with van der Waals surface area (Å²) in [5.41, 5.74) is 1.70. The number of rotatable bonds is 4. The predicted molar refractivity (Wildman–Crippen MR) is 102 cm³/mol. The lowest BCUT2D eigenvalue weighted by Crippen LogP contribution is -2.22. The number of hydrogen-bond donors (Lipinski definition) is 0. The van der Waals surface area contributed by atoms with E-state index >= 15 is 0 Å². The number of ether oxygens (including phenoxy) is 2. The maximum absolute atomic E-state index is 12.2. The summed E-state index contributed by atoms with van der Waals surface area (Å²) in [6.07, 6.45) is 0.816. The summed E-state index contributed by atoms with van der Waals surface area (Å²) in [4.78, 5) is 22.7. The molecule has 0 spiro atoms. The van der Waals surface area contributed by atoms with Crippen molar-refractivity contribution in [1.82, 2.24) is 9.78 Å². The molecule has 1 aliphatic heterocycles. The van der Waals surface area contributed by atoms with Crippen LogP contribution in [0.5, 0.6) is 11.5 Å². The van der Waals surface area contributed by atoms with E-state index in [-0.39, 0.29) is 17.8 Å². The Morgan fingerprint density at radius 2 is 1.86 bits per heavy atom. The third-order valence-corrected chi connectivity index (χ3v) is 4.36. The highest BCUT2D eigenvalue weighted by Crippen LogP contribution is 2.33. The first-order valence-corrected chi connectivity index (χ1v) is 8.82. The second-order valence-corrected chi connectivity index (χ2v) is 6.35. The van der Waals surface area contributed by atoms with Gasteiger partial charge in [-0.05, 0) is 29.8 Å². The second-order valence-electron chi connectivity index (χ2n) is 6.35. The molecule has 0 fully saturated rings. The van der Waals surface area contributed by atoms with Crippen LogP contribution in [0.25, 0.3) is 11.3 Å². The van der Waals surface area contributed by atoms with E-state index in [4.69, 9.17) is 9.47 Å². The van der Waals surface area contributed by atoms with Crippen LogP contribution in [-0.4, -0.2) is 27.9 Å². The zero-order valence-corrected chi connectivity index (χ0v) is 14.9. The molecule has 8 heteroatoms. The van der Waals surface area contributed by atoms with Gasteiger partial charge in [0.15, 0.2) is 11.5 Å². The number of nitrogens with zero attached hydrogens (tertiary/aromatic N) is 3. The first-order chi connectivity index (χ1) is 13.6. The summed E-state index contributed by atoms with van der Waals surface area (Å²) in [5, 5.41) is 15.4. The molecule has 142 valence electrons. The molecule has 1 aliphatic rings. The lowest BCUT2D eigenvalue weighted by Gasteiger charge is -2.10. The molecular formula is C20H17N3O5. The van der Waals surface area contributed by atoms with Gasteiger partial charge in [0.2, 0.25) is 0 Å². The molecule has 0 atom stereocenters. The van der Waals surface area contributed by atoms with Crippen LogP contribution in [0.15, 0.2) is 59.4 Å². The molecule has 0 radical (unpaired) electrons. The molecule has 0 bridgehead atoms. The molecule has 28 heavy (non-hydrogen) atoms. The monoisotopic (exact) mass is 379 g/mol. The van der Waals surface area contributed by atoms with Gasteiger partial charge in [-0.1, -0.05) is 12.1 Å². The first-order valence-electron chi connectivity index (χ1n) is 8.82. The fourth-order valence-corrected chi connectivity index (χ4v) is 2.98. The molecule has 3 aromatic rings. The Kier molecular flexibility index (Phi) is 4.76. The molecule has 8 nitrogen and oxygen atoms in total. The molecule has 2 heterocycles. The highest BCUT2D eigenvalue weighted by atomic mass is 16.6. The van der Waals surface area contributed by atoms with Crippen molar-refractivity contribution in [2.24, 2.45) is 0 Å². The van der Waals surface area contributed by atoms with Crippen molar-refractivity contribution in [3.63, 3.8) is 0 Å². The summed E-state index contributed by atoms with van der Waals surface area (Å²) in [7, 11) is 0. The van der Waals surface area contributed by atoms with Gasteiger partial charge in [0, 0.05) is 30.2 Å². The van der Waals surface area contributed by atoms with E-state index < -0.39 is 4.92 Å². The minimum Gasteiger partial charge on any atom is -0.490 e. The molecule has 0 saturated carbocycles. The standard InChI is InChI=1S/C20H17N3O5/c24-20-8-6-17(15-5-7-18-19(12-15)28-10-2-9-27-18)21-22(20)13-14-3-1-4-16(11-14)23(25)26/h1,3-8,11-12H,2,9-10,13H2. The van der Waals surface area contributed by atoms with Crippen LogP contribution in [0.4, 0.5) is 5.69 Å². The van der Waals surface area contributed by atoms with E-state index in [1.54, 1.807) is 18.2 Å². The van der Waals surface area contributed by atoms with Crippen LogP contribution < -0.4 is 15.0 Å². The molecule has 1 aromatic heterocycles. The highest BCUT2D eigenvalue weighted by molar-refractivity contribution is 5.63. The molecule has 0 amide bonds. The van der Waals surface area contributed by atoms with Gasteiger partial charge >= 0.3 is 0 Å². The Labute approximate surface area is 160 Å². The van der Waals surface area contributed by atoms with E-state index in [2.05, 4.69) is 5.10 Å². The van der Waals surface area contributed by atoms with Gasteiger partial charge < -0.3 is 9.47 Å². The van der Waals surface area contributed by atoms with Gasteiger partial charge in [-0.3, -0.25) is 14.9 Å². The number of aromatic nitrogens is 2. The Hall–Kier alpha value is -3.68. The Balaban J connectivity index is 1.66. The minimum absolute atomic E-state index is 0.0235. The summed E-state index contributed by atoms with van der Waals surface area (Å²) in [6.45, 7) is 1.33. The lowest BCUT2D eigenvalue weighted by molar-refractivity contribution is -0.384. The van der Waals surface area contributed by atoms with Gasteiger partial charge in [-0.2, -0.15) is 5.10 Å². The minimum atomic E-state index is -0.464. The SMILES string of the molecule is O=c1ccc(-c2ccc3c(c2)OCCCO3)nn1Cc1cccc([N+](=O)[O-])c1. The van der Waals surface area contributed by atoms with E-state index in [1.807, 2.05) is 18.2 Å². The van der Waals surface area contributed by atoms with Gasteiger partial charge in [0.05, 0.1) is 30.4 Å². The second kappa shape index (κ2) is 7.51. The van der Waals surface area contributed by atoms with E-state index in [0.717, 1.165) is 12.0 Å². The van der Waals surface area contributed by atoms with Crippen molar-refractivity contribution >= 4 is 5.69 Å². The number of fused-ring (bicyclic) bond motifs is 1. The van der Waals surface area contributed by atoms with E-state index in [9.17, 15) is 14.9 Å². The molecule has 0 unspecified atom stereocenters. The lowest BCUT2D eigenvalue weighted by atomic mass is 10.1. The van der Waals surface area contributed by atoms with E-state index in [1.165, 1.54) is 22.9 Å². The van der Waals surface area contributed by atoms with Crippen molar-refractivity contribution in [3.05, 3.63) is 80.6 Å². The van der Waals surface area contributed by atoms with Crippen LogP contribution >= 0.6 is 0 Å². The van der Waals surface area contributed by atoms with Crippen molar-refractivity contribution in [3.8, 4) is 22.8 Å². The number of non-ortho nitro benzene ring substituents is 1. The topological polar surface area (TPSA) is 96.5 Å². The smallest absolute Gasteiger partial charge is 0.269 e. The van der Waals surface area contributed by atoms with E-state index in [0.29, 0.717) is 36.0 Å². The maximum Gasteiger partial charge on any atom is 0.269 e. The Morgan fingerprint density at radius 1 is 1.04 bits per heavy atom. The van der Waals surface area contributed by atoms with Gasteiger partial charge in [0.1, 0.15) is 0 Å². The Bertz CT molecular complexity index is 1090. The number of nitro groups is 1. The molecule has 2 aromatic carbocycles. The molecule has 4 rings (SSSR count). The summed E-state index contributed by atoms with van der Waals surface area (Å²) >= 11 is 0.